The van der Waals surface area contributed by atoms with Crippen LogP contribution in [0.3, 0.4) is 0 Å². The number of rotatable bonds is 6. The first-order valence-electron chi connectivity index (χ1n) is 8.47. The van der Waals surface area contributed by atoms with Gasteiger partial charge in [-0.25, -0.2) is 0 Å². The molecule has 3 rings (SSSR count). The maximum absolute atomic E-state index is 8.84. The van der Waals surface area contributed by atoms with Crippen LogP contribution in [0.1, 0.15) is 37.3 Å². The molecule has 25 heavy (non-hydrogen) atoms. The van der Waals surface area contributed by atoms with Gasteiger partial charge in [0.25, 0.3) is 0 Å². The van der Waals surface area contributed by atoms with E-state index in [1.54, 1.807) is 24.3 Å². The minimum Gasteiger partial charge on any atom is -0.192 e. The van der Waals surface area contributed by atoms with Crippen LogP contribution in [0.25, 0.3) is 22.8 Å². The Morgan fingerprint density at radius 1 is 0.760 bits per heavy atom. The molecule has 0 saturated carbocycles. The lowest BCUT2D eigenvalue weighted by atomic mass is 10.1. The average Bonchev–Trinajstić information content (AvgIpc) is 2.69. The second-order valence-corrected chi connectivity index (χ2v) is 5.89. The standard InChI is InChI=1S/C20H19N5/c1-2-3-4-5-15-6-10-17(11-7-15)19-22-24-20(25-23-19)18-12-8-16(14-21)9-13-18/h6-13H,2-5H2,1H3. The second kappa shape index (κ2) is 8.11. The van der Waals surface area contributed by atoms with Gasteiger partial charge in [0.2, 0.25) is 11.6 Å². The molecule has 0 radical (unpaired) electrons. The minimum absolute atomic E-state index is 0.449. The van der Waals surface area contributed by atoms with Gasteiger partial charge in [0, 0.05) is 11.1 Å². The molecule has 0 N–H and O–H groups in total. The summed E-state index contributed by atoms with van der Waals surface area (Å²) < 4.78 is 0. The van der Waals surface area contributed by atoms with Gasteiger partial charge in [-0.1, -0.05) is 44.0 Å². The van der Waals surface area contributed by atoms with Crippen LogP contribution in [0.2, 0.25) is 0 Å². The van der Waals surface area contributed by atoms with Crippen LogP contribution in [0.15, 0.2) is 48.5 Å². The van der Waals surface area contributed by atoms with Crippen molar-refractivity contribution in [1.29, 1.82) is 5.26 Å². The Kier molecular flexibility index (Phi) is 5.43. The molecule has 5 heteroatoms. The van der Waals surface area contributed by atoms with Crippen molar-refractivity contribution in [2.45, 2.75) is 32.6 Å². The number of hydrogen-bond donors (Lipinski definition) is 0. The van der Waals surface area contributed by atoms with Crippen LogP contribution in [-0.2, 0) is 6.42 Å². The Morgan fingerprint density at radius 3 is 1.76 bits per heavy atom. The first-order valence-corrected chi connectivity index (χ1v) is 8.47. The van der Waals surface area contributed by atoms with Gasteiger partial charge in [-0.2, -0.15) is 5.26 Å². The number of hydrogen-bond acceptors (Lipinski definition) is 5. The molecule has 0 amide bonds. The van der Waals surface area contributed by atoms with Crippen molar-refractivity contribution < 1.29 is 0 Å². The highest BCUT2D eigenvalue weighted by Gasteiger charge is 2.07. The third kappa shape index (κ3) is 4.24. The number of benzene rings is 2. The third-order valence-corrected chi connectivity index (χ3v) is 4.03. The molecule has 1 aromatic heterocycles. The van der Waals surface area contributed by atoms with E-state index in [0.29, 0.717) is 17.2 Å². The Hall–Kier alpha value is -3.13. The lowest BCUT2D eigenvalue weighted by Crippen LogP contribution is -1.99. The summed E-state index contributed by atoms with van der Waals surface area (Å²) >= 11 is 0. The van der Waals surface area contributed by atoms with Crippen molar-refractivity contribution in [2.24, 2.45) is 0 Å². The minimum atomic E-state index is 0.449. The van der Waals surface area contributed by atoms with Gasteiger partial charge in [-0.05, 0) is 42.7 Å². The van der Waals surface area contributed by atoms with Crippen molar-refractivity contribution in [3.05, 3.63) is 59.7 Å². The Morgan fingerprint density at radius 2 is 1.28 bits per heavy atom. The Bertz CT molecular complexity index is 847. The molecule has 0 spiro atoms. The molecule has 0 aliphatic carbocycles. The van der Waals surface area contributed by atoms with Crippen molar-refractivity contribution in [3.8, 4) is 28.8 Å². The summed E-state index contributed by atoms with van der Waals surface area (Å²) in [6.45, 7) is 2.21. The average molecular weight is 329 g/mol. The fourth-order valence-corrected chi connectivity index (χ4v) is 2.55. The van der Waals surface area contributed by atoms with E-state index in [1.807, 2.05) is 12.1 Å². The van der Waals surface area contributed by atoms with Crippen LogP contribution in [0.5, 0.6) is 0 Å². The largest absolute Gasteiger partial charge is 0.203 e. The van der Waals surface area contributed by atoms with Crippen molar-refractivity contribution >= 4 is 0 Å². The van der Waals surface area contributed by atoms with E-state index >= 15 is 0 Å². The molecular formula is C20H19N5. The maximum Gasteiger partial charge on any atom is 0.203 e. The van der Waals surface area contributed by atoms with Crippen molar-refractivity contribution in [1.82, 2.24) is 20.4 Å². The van der Waals surface area contributed by atoms with E-state index in [9.17, 15) is 0 Å². The Balaban J connectivity index is 1.72. The van der Waals surface area contributed by atoms with E-state index in [4.69, 9.17) is 5.26 Å². The van der Waals surface area contributed by atoms with Crippen LogP contribution in [0.4, 0.5) is 0 Å². The van der Waals surface area contributed by atoms with E-state index < -0.39 is 0 Å². The van der Waals surface area contributed by atoms with Gasteiger partial charge in [-0.15, -0.1) is 20.4 Å². The molecule has 2 aromatic carbocycles. The quantitative estimate of drug-likeness (QED) is 0.633. The molecule has 0 aliphatic rings. The van der Waals surface area contributed by atoms with Crippen molar-refractivity contribution in [3.63, 3.8) is 0 Å². The first kappa shape index (κ1) is 16.7. The van der Waals surface area contributed by atoms with Gasteiger partial charge < -0.3 is 0 Å². The molecule has 0 unspecified atom stereocenters. The molecule has 3 aromatic rings. The molecular weight excluding hydrogens is 310 g/mol. The van der Waals surface area contributed by atoms with Gasteiger partial charge >= 0.3 is 0 Å². The zero-order valence-corrected chi connectivity index (χ0v) is 14.2. The first-order chi connectivity index (χ1) is 12.3. The lowest BCUT2D eigenvalue weighted by molar-refractivity contribution is 0.717. The fraction of sp³-hybridized carbons (Fsp3) is 0.250. The van der Waals surface area contributed by atoms with E-state index in [2.05, 4.69) is 45.5 Å². The summed E-state index contributed by atoms with van der Waals surface area (Å²) in [6, 6.07) is 17.4. The van der Waals surface area contributed by atoms with Gasteiger partial charge in [-0.3, -0.25) is 0 Å². The SMILES string of the molecule is CCCCCc1ccc(-c2nnc(-c3ccc(C#N)cc3)nn2)cc1. The van der Waals surface area contributed by atoms with E-state index in [-0.39, 0.29) is 0 Å². The molecule has 0 aliphatic heterocycles. The number of nitriles is 1. The number of unbranched alkanes of at least 4 members (excludes halogenated alkanes) is 2. The fourth-order valence-electron chi connectivity index (χ4n) is 2.55. The predicted octanol–water partition coefficient (Wildman–Crippen LogP) is 4.20. The number of aromatic nitrogens is 4. The second-order valence-electron chi connectivity index (χ2n) is 5.89. The predicted molar refractivity (Wildman–Crippen MR) is 96.4 cm³/mol. The summed E-state index contributed by atoms with van der Waals surface area (Å²) in [7, 11) is 0. The smallest absolute Gasteiger partial charge is 0.192 e. The van der Waals surface area contributed by atoms with Gasteiger partial charge in [0.1, 0.15) is 0 Å². The van der Waals surface area contributed by atoms with Crippen LogP contribution in [0, 0.1) is 11.3 Å². The molecule has 0 bridgehead atoms. The molecule has 5 nitrogen and oxygen atoms in total. The topological polar surface area (TPSA) is 75.3 Å². The molecule has 0 saturated heterocycles. The summed E-state index contributed by atoms with van der Waals surface area (Å²) in [6.07, 6.45) is 4.81. The van der Waals surface area contributed by atoms with Gasteiger partial charge in [0.05, 0.1) is 11.6 Å². The number of aryl methyl sites for hydroxylation is 1. The highest BCUT2D eigenvalue weighted by Crippen LogP contribution is 2.18. The van der Waals surface area contributed by atoms with E-state index in [1.165, 1.54) is 24.8 Å². The van der Waals surface area contributed by atoms with Gasteiger partial charge in [0.15, 0.2) is 0 Å². The van der Waals surface area contributed by atoms with Crippen molar-refractivity contribution in [2.75, 3.05) is 0 Å². The third-order valence-electron chi connectivity index (χ3n) is 4.03. The summed E-state index contributed by atoms with van der Waals surface area (Å²) in [5.41, 5.74) is 3.62. The summed E-state index contributed by atoms with van der Waals surface area (Å²) in [5, 5.41) is 25.5. The Labute approximate surface area is 147 Å². The van der Waals surface area contributed by atoms with E-state index in [0.717, 1.165) is 17.5 Å². The zero-order chi connectivity index (χ0) is 17.5. The summed E-state index contributed by atoms with van der Waals surface area (Å²) in [5.74, 6) is 0.960. The van der Waals surface area contributed by atoms with Crippen LogP contribution in [-0.4, -0.2) is 20.4 Å². The van der Waals surface area contributed by atoms with Crippen LogP contribution >= 0.6 is 0 Å². The molecule has 0 atom stereocenters. The monoisotopic (exact) mass is 329 g/mol. The molecule has 1 heterocycles. The lowest BCUT2D eigenvalue weighted by Gasteiger charge is -2.03. The molecule has 124 valence electrons. The maximum atomic E-state index is 8.84. The molecule has 0 fully saturated rings. The van der Waals surface area contributed by atoms with Crippen LogP contribution < -0.4 is 0 Å². The summed E-state index contributed by atoms with van der Waals surface area (Å²) in [4.78, 5) is 0. The highest BCUT2D eigenvalue weighted by molar-refractivity contribution is 5.57. The highest BCUT2D eigenvalue weighted by atomic mass is 15.3. The zero-order valence-electron chi connectivity index (χ0n) is 14.2. The normalized spacial score (nSPS) is 10.4. The number of nitrogens with zero attached hydrogens (tertiary/aromatic N) is 5.